The fraction of sp³-hybridized carbons (Fsp3) is 0.556. The molecule has 136 valence electrons. The summed E-state index contributed by atoms with van der Waals surface area (Å²) < 4.78 is 18.6. The molecule has 1 aromatic rings. The molecule has 1 N–H and O–H groups in total. The average Bonchev–Trinajstić information content (AvgIpc) is 3.17. The largest absolute Gasteiger partial charge is 0.490 e. The average molecular weight is 350 g/mol. The molecule has 2 fully saturated rings. The standard InChI is InChI=1S/C18H23FN2O4/c19-14-3-1-4-15(11-14)25-13-18(24)7-10-21(12-18)17(23)6-9-20-8-2-5-16(20)22/h1,3-4,11,24H,2,5-10,12-13H2/t18-/m0/s1. The number of carbonyl (C=O) groups excluding carboxylic acids is 2. The van der Waals surface area contributed by atoms with E-state index >= 15 is 0 Å². The summed E-state index contributed by atoms with van der Waals surface area (Å²) in [6, 6.07) is 5.74. The molecule has 2 saturated heterocycles. The molecule has 2 aliphatic heterocycles. The number of nitrogens with zero attached hydrogens (tertiary/aromatic N) is 2. The van der Waals surface area contributed by atoms with Crippen LogP contribution in [0.15, 0.2) is 24.3 Å². The molecule has 0 aromatic heterocycles. The van der Waals surface area contributed by atoms with Gasteiger partial charge in [0, 0.05) is 38.5 Å². The summed E-state index contributed by atoms with van der Waals surface area (Å²) in [7, 11) is 0. The Morgan fingerprint density at radius 2 is 2.20 bits per heavy atom. The van der Waals surface area contributed by atoms with E-state index in [4.69, 9.17) is 4.74 Å². The van der Waals surface area contributed by atoms with Gasteiger partial charge in [0.05, 0.1) is 6.54 Å². The van der Waals surface area contributed by atoms with Crippen LogP contribution in [0.25, 0.3) is 0 Å². The van der Waals surface area contributed by atoms with Gasteiger partial charge in [0.1, 0.15) is 23.8 Å². The predicted octanol–water partition coefficient (Wildman–Crippen LogP) is 1.18. The van der Waals surface area contributed by atoms with Crippen LogP contribution in [0.3, 0.4) is 0 Å². The second kappa shape index (κ2) is 7.39. The molecule has 2 aliphatic rings. The summed E-state index contributed by atoms with van der Waals surface area (Å²) in [5.41, 5.74) is -1.13. The van der Waals surface area contributed by atoms with Crippen molar-refractivity contribution >= 4 is 11.8 Å². The third kappa shape index (κ3) is 4.48. The van der Waals surface area contributed by atoms with Gasteiger partial charge in [-0.3, -0.25) is 9.59 Å². The minimum absolute atomic E-state index is 0.00481. The van der Waals surface area contributed by atoms with E-state index in [0.29, 0.717) is 31.7 Å². The third-order valence-electron chi connectivity index (χ3n) is 4.76. The van der Waals surface area contributed by atoms with Gasteiger partial charge in [0.25, 0.3) is 0 Å². The molecule has 0 bridgehead atoms. The van der Waals surface area contributed by atoms with Gasteiger partial charge in [-0.25, -0.2) is 4.39 Å². The van der Waals surface area contributed by atoms with Crippen LogP contribution in [0, 0.1) is 5.82 Å². The molecule has 1 aromatic carbocycles. The molecular formula is C18H23FN2O4. The van der Waals surface area contributed by atoms with Gasteiger partial charge >= 0.3 is 0 Å². The van der Waals surface area contributed by atoms with E-state index in [-0.39, 0.29) is 31.4 Å². The van der Waals surface area contributed by atoms with Gasteiger partial charge in [-0.2, -0.15) is 0 Å². The highest BCUT2D eigenvalue weighted by atomic mass is 19.1. The van der Waals surface area contributed by atoms with Crippen molar-refractivity contribution in [2.45, 2.75) is 31.3 Å². The van der Waals surface area contributed by atoms with Crippen LogP contribution in [0.2, 0.25) is 0 Å². The molecule has 2 heterocycles. The van der Waals surface area contributed by atoms with Crippen LogP contribution >= 0.6 is 0 Å². The van der Waals surface area contributed by atoms with Crippen LogP contribution in [-0.2, 0) is 9.59 Å². The highest BCUT2D eigenvalue weighted by Gasteiger charge is 2.39. The van der Waals surface area contributed by atoms with Crippen molar-refractivity contribution < 1.29 is 23.8 Å². The lowest BCUT2D eigenvalue weighted by Crippen LogP contribution is -2.41. The Balaban J connectivity index is 1.46. The van der Waals surface area contributed by atoms with Crippen molar-refractivity contribution in [1.29, 1.82) is 0 Å². The first-order valence-corrected chi connectivity index (χ1v) is 8.61. The van der Waals surface area contributed by atoms with Crippen molar-refractivity contribution in [2.24, 2.45) is 0 Å². The summed E-state index contributed by atoms with van der Waals surface area (Å²) in [6.07, 6.45) is 2.10. The zero-order valence-electron chi connectivity index (χ0n) is 14.1. The van der Waals surface area contributed by atoms with Gasteiger partial charge in [-0.1, -0.05) is 6.07 Å². The fourth-order valence-electron chi connectivity index (χ4n) is 3.29. The van der Waals surface area contributed by atoms with Gasteiger partial charge in [0.15, 0.2) is 0 Å². The highest BCUT2D eigenvalue weighted by molar-refractivity contribution is 5.80. The SMILES string of the molecule is O=C1CCCN1CCC(=O)N1CC[C@@](O)(COc2cccc(F)c2)C1. The van der Waals surface area contributed by atoms with E-state index in [1.807, 2.05) is 0 Å². The number of carbonyl (C=O) groups is 2. The molecule has 7 heteroatoms. The zero-order chi connectivity index (χ0) is 17.9. The summed E-state index contributed by atoms with van der Waals surface area (Å²) in [5.74, 6) is -0.00877. The molecule has 1 atom stereocenters. The number of hydrogen-bond acceptors (Lipinski definition) is 4. The molecule has 3 rings (SSSR count). The number of hydrogen-bond donors (Lipinski definition) is 1. The van der Waals surface area contributed by atoms with E-state index < -0.39 is 11.4 Å². The number of rotatable bonds is 6. The van der Waals surface area contributed by atoms with Crippen LogP contribution in [-0.4, -0.2) is 65.1 Å². The molecule has 2 amide bonds. The van der Waals surface area contributed by atoms with Crippen LogP contribution < -0.4 is 4.74 Å². The lowest BCUT2D eigenvalue weighted by Gasteiger charge is -2.24. The second-order valence-electron chi connectivity index (χ2n) is 6.77. The van der Waals surface area contributed by atoms with Crippen LogP contribution in [0.1, 0.15) is 25.7 Å². The topological polar surface area (TPSA) is 70.1 Å². The molecule has 0 saturated carbocycles. The fourth-order valence-corrected chi connectivity index (χ4v) is 3.29. The second-order valence-corrected chi connectivity index (χ2v) is 6.77. The van der Waals surface area contributed by atoms with Crippen molar-refractivity contribution in [3.8, 4) is 5.75 Å². The highest BCUT2D eigenvalue weighted by Crippen LogP contribution is 2.24. The maximum absolute atomic E-state index is 13.1. The Labute approximate surface area is 146 Å². The maximum atomic E-state index is 13.1. The van der Waals surface area contributed by atoms with E-state index in [2.05, 4.69) is 0 Å². The number of benzene rings is 1. The van der Waals surface area contributed by atoms with E-state index in [1.54, 1.807) is 21.9 Å². The molecule has 0 radical (unpaired) electrons. The normalized spacial score (nSPS) is 23.4. The van der Waals surface area contributed by atoms with Gasteiger partial charge in [-0.05, 0) is 25.0 Å². The minimum atomic E-state index is -1.13. The lowest BCUT2D eigenvalue weighted by atomic mass is 10.1. The Hall–Kier alpha value is -2.15. The first-order chi connectivity index (χ1) is 12.0. The number of ether oxygens (including phenoxy) is 1. The number of β-amino-alcohol motifs (C(OH)–C–C–N with tert-alkyl or cyclic N) is 1. The van der Waals surface area contributed by atoms with Crippen molar-refractivity contribution in [3.63, 3.8) is 0 Å². The quantitative estimate of drug-likeness (QED) is 0.836. The smallest absolute Gasteiger partial charge is 0.224 e. The third-order valence-corrected chi connectivity index (χ3v) is 4.76. The Kier molecular flexibility index (Phi) is 5.22. The number of halogens is 1. The Bertz CT molecular complexity index is 654. The van der Waals surface area contributed by atoms with E-state index in [9.17, 15) is 19.1 Å². The molecule has 6 nitrogen and oxygen atoms in total. The molecule has 0 unspecified atom stereocenters. The van der Waals surface area contributed by atoms with Gasteiger partial charge in [0.2, 0.25) is 11.8 Å². The minimum Gasteiger partial charge on any atom is -0.490 e. The first kappa shape index (κ1) is 17.7. The summed E-state index contributed by atoms with van der Waals surface area (Å²) in [5, 5.41) is 10.6. The predicted molar refractivity (Wildman–Crippen MR) is 88.5 cm³/mol. The molecule has 25 heavy (non-hydrogen) atoms. The number of amides is 2. The molecule has 0 aliphatic carbocycles. The molecular weight excluding hydrogens is 327 g/mol. The Morgan fingerprint density at radius 3 is 2.92 bits per heavy atom. The Morgan fingerprint density at radius 1 is 1.36 bits per heavy atom. The summed E-state index contributed by atoms with van der Waals surface area (Å²) in [6.45, 7) is 1.81. The van der Waals surface area contributed by atoms with E-state index in [0.717, 1.165) is 13.0 Å². The van der Waals surface area contributed by atoms with Crippen molar-refractivity contribution in [2.75, 3.05) is 32.8 Å². The molecule has 0 spiro atoms. The monoisotopic (exact) mass is 350 g/mol. The number of aliphatic hydroxyl groups is 1. The summed E-state index contributed by atoms with van der Waals surface area (Å²) in [4.78, 5) is 27.2. The lowest BCUT2D eigenvalue weighted by molar-refractivity contribution is -0.133. The van der Waals surface area contributed by atoms with Gasteiger partial charge < -0.3 is 19.6 Å². The summed E-state index contributed by atoms with van der Waals surface area (Å²) >= 11 is 0. The van der Waals surface area contributed by atoms with Crippen molar-refractivity contribution in [3.05, 3.63) is 30.1 Å². The van der Waals surface area contributed by atoms with Crippen LogP contribution in [0.4, 0.5) is 4.39 Å². The number of likely N-dealkylation sites (tertiary alicyclic amines) is 2. The zero-order valence-corrected chi connectivity index (χ0v) is 14.1. The van der Waals surface area contributed by atoms with E-state index in [1.165, 1.54) is 12.1 Å². The van der Waals surface area contributed by atoms with Crippen molar-refractivity contribution in [1.82, 2.24) is 9.80 Å². The van der Waals surface area contributed by atoms with Crippen LogP contribution in [0.5, 0.6) is 5.75 Å². The van der Waals surface area contributed by atoms with Gasteiger partial charge in [-0.15, -0.1) is 0 Å². The maximum Gasteiger partial charge on any atom is 0.224 e. The first-order valence-electron chi connectivity index (χ1n) is 8.61.